The van der Waals surface area contributed by atoms with Crippen molar-refractivity contribution in [2.45, 2.75) is 55.9 Å². The summed E-state index contributed by atoms with van der Waals surface area (Å²) >= 11 is 1.93. The Balaban J connectivity index is 1.53. The lowest BCUT2D eigenvalue weighted by Crippen LogP contribution is -2.35. The van der Waals surface area contributed by atoms with Crippen molar-refractivity contribution in [2.24, 2.45) is 0 Å². The third kappa shape index (κ3) is 3.60. The first-order valence-electron chi connectivity index (χ1n) is 9.72. The van der Waals surface area contributed by atoms with Crippen LogP contribution in [0.1, 0.15) is 56.0 Å². The molecule has 4 nitrogen and oxygen atoms in total. The highest BCUT2D eigenvalue weighted by Gasteiger charge is 2.53. The summed E-state index contributed by atoms with van der Waals surface area (Å²) in [5.74, 6) is 1.79. The van der Waals surface area contributed by atoms with E-state index in [-0.39, 0.29) is 18.2 Å². The monoisotopic (exact) mass is 397 g/mol. The van der Waals surface area contributed by atoms with E-state index in [1.54, 1.807) is 7.11 Å². The molecule has 1 saturated heterocycles. The Hall–Kier alpha value is -2.14. The van der Waals surface area contributed by atoms with Crippen LogP contribution < -0.4 is 4.74 Å². The van der Waals surface area contributed by atoms with Gasteiger partial charge in [0.1, 0.15) is 11.4 Å². The molecule has 2 aliphatic rings. The largest absolute Gasteiger partial charge is 0.497 e. The average Bonchev–Trinajstić information content (AvgIpc) is 3.20. The minimum atomic E-state index is -0.489. The molecule has 0 radical (unpaired) electrons. The maximum absolute atomic E-state index is 13.0. The van der Waals surface area contributed by atoms with E-state index < -0.39 is 5.60 Å². The molecule has 1 fully saturated rings. The highest BCUT2D eigenvalue weighted by atomic mass is 32.2. The van der Waals surface area contributed by atoms with E-state index in [1.807, 2.05) is 49.6 Å². The van der Waals surface area contributed by atoms with Crippen molar-refractivity contribution in [1.82, 2.24) is 4.90 Å². The molecule has 28 heavy (non-hydrogen) atoms. The second-order valence-electron chi connectivity index (χ2n) is 8.41. The molecule has 2 aromatic rings. The zero-order valence-electron chi connectivity index (χ0n) is 16.8. The van der Waals surface area contributed by atoms with Crippen LogP contribution in [0.2, 0.25) is 0 Å². The van der Waals surface area contributed by atoms with Gasteiger partial charge in [-0.2, -0.15) is 11.8 Å². The lowest BCUT2D eigenvalue weighted by atomic mass is 9.92. The lowest BCUT2D eigenvalue weighted by molar-refractivity contribution is 0.0179. The number of thioether (sulfide) groups is 1. The minimum Gasteiger partial charge on any atom is -0.497 e. The number of carbonyl (C=O) groups is 1. The first-order chi connectivity index (χ1) is 13.4. The Labute approximate surface area is 171 Å². The predicted molar refractivity (Wildman–Crippen MR) is 113 cm³/mol. The molecule has 0 saturated carbocycles. The first kappa shape index (κ1) is 19.2. The van der Waals surface area contributed by atoms with Gasteiger partial charge >= 0.3 is 6.09 Å². The molecule has 2 bridgehead atoms. The summed E-state index contributed by atoms with van der Waals surface area (Å²) in [5, 5.41) is 0.370. The molecule has 4 rings (SSSR count). The summed E-state index contributed by atoms with van der Waals surface area (Å²) in [4.78, 5) is 14.9. The standard InChI is InChI=1S/C23H27NO3S/c1-23(2,3)27-22(25)24-19-13-20(21(24)18-8-6-5-7-17(18)19)28-14-15-9-11-16(26-4)12-10-15/h5-12,19-21H,13-14H2,1-4H3/t19-,20-,21-/m0/s1. The van der Waals surface area contributed by atoms with E-state index in [4.69, 9.17) is 9.47 Å². The topological polar surface area (TPSA) is 38.8 Å². The van der Waals surface area contributed by atoms with Gasteiger partial charge in [0.05, 0.1) is 19.2 Å². The van der Waals surface area contributed by atoms with Gasteiger partial charge in [0, 0.05) is 11.0 Å². The van der Waals surface area contributed by atoms with Gasteiger partial charge in [0.25, 0.3) is 0 Å². The number of ether oxygens (including phenoxy) is 2. The third-order valence-electron chi connectivity index (χ3n) is 5.34. The van der Waals surface area contributed by atoms with Crippen LogP contribution in [0, 0.1) is 0 Å². The molecule has 3 atom stereocenters. The van der Waals surface area contributed by atoms with Crippen LogP contribution >= 0.6 is 11.8 Å². The Morgan fingerprint density at radius 1 is 1.11 bits per heavy atom. The molecule has 2 heterocycles. The molecule has 0 aliphatic carbocycles. The maximum atomic E-state index is 13.0. The van der Waals surface area contributed by atoms with Crippen molar-refractivity contribution < 1.29 is 14.3 Å². The molecule has 0 unspecified atom stereocenters. The number of fused-ring (bicyclic) bond motifs is 5. The maximum Gasteiger partial charge on any atom is 0.411 e. The van der Waals surface area contributed by atoms with Crippen molar-refractivity contribution in [3.63, 3.8) is 0 Å². The van der Waals surface area contributed by atoms with Crippen LogP contribution in [0.25, 0.3) is 0 Å². The number of carbonyl (C=O) groups excluding carboxylic acids is 1. The summed E-state index contributed by atoms with van der Waals surface area (Å²) < 4.78 is 11.0. The van der Waals surface area contributed by atoms with Crippen molar-refractivity contribution in [1.29, 1.82) is 0 Å². The van der Waals surface area contributed by atoms with Crippen LogP contribution in [0.15, 0.2) is 48.5 Å². The zero-order chi connectivity index (χ0) is 19.9. The summed E-state index contributed by atoms with van der Waals surface area (Å²) in [6.07, 6.45) is 0.771. The van der Waals surface area contributed by atoms with Crippen molar-refractivity contribution in [2.75, 3.05) is 7.11 Å². The Kier molecular flexibility index (Phi) is 5.04. The molecule has 148 valence electrons. The number of benzene rings is 2. The first-order valence-corrected chi connectivity index (χ1v) is 10.8. The van der Waals surface area contributed by atoms with Gasteiger partial charge in [-0.3, -0.25) is 4.90 Å². The molecule has 1 amide bonds. The van der Waals surface area contributed by atoms with E-state index in [0.717, 1.165) is 17.9 Å². The van der Waals surface area contributed by atoms with Gasteiger partial charge in [-0.15, -0.1) is 0 Å². The lowest BCUT2D eigenvalue weighted by Gasteiger charge is -2.28. The molecule has 0 aromatic heterocycles. The predicted octanol–water partition coefficient (Wildman–Crippen LogP) is 5.73. The summed E-state index contributed by atoms with van der Waals surface area (Å²) in [6, 6.07) is 16.9. The Morgan fingerprint density at radius 3 is 2.43 bits per heavy atom. The van der Waals surface area contributed by atoms with Crippen molar-refractivity contribution >= 4 is 17.9 Å². The van der Waals surface area contributed by atoms with Gasteiger partial charge < -0.3 is 9.47 Å². The Morgan fingerprint density at radius 2 is 1.79 bits per heavy atom. The summed E-state index contributed by atoms with van der Waals surface area (Å²) in [7, 11) is 1.68. The van der Waals surface area contributed by atoms with E-state index in [2.05, 4.69) is 36.4 Å². The van der Waals surface area contributed by atoms with Crippen molar-refractivity contribution in [3.05, 3.63) is 65.2 Å². The number of amides is 1. The summed E-state index contributed by atoms with van der Waals surface area (Å²) in [5.41, 5.74) is 3.33. The van der Waals surface area contributed by atoms with Crippen LogP contribution in [0.5, 0.6) is 5.75 Å². The second kappa shape index (κ2) is 7.36. The van der Waals surface area contributed by atoms with E-state index >= 15 is 0 Å². The zero-order valence-corrected chi connectivity index (χ0v) is 17.7. The van der Waals surface area contributed by atoms with E-state index in [9.17, 15) is 4.79 Å². The van der Waals surface area contributed by atoms with Gasteiger partial charge in [-0.05, 0) is 56.0 Å². The SMILES string of the molecule is COc1ccc(CS[C@H]2C[C@H]3c4ccccc4[C@@H]2N3C(=O)OC(C)(C)C)cc1. The van der Waals surface area contributed by atoms with Gasteiger partial charge in [-0.25, -0.2) is 4.79 Å². The van der Waals surface area contributed by atoms with Crippen LogP contribution in [0.3, 0.4) is 0 Å². The number of hydrogen-bond donors (Lipinski definition) is 0. The summed E-state index contributed by atoms with van der Waals surface area (Å²) in [6.45, 7) is 5.77. The van der Waals surface area contributed by atoms with Crippen molar-refractivity contribution in [3.8, 4) is 5.75 Å². The molecule has 5 heteroatoms. The number of nitrogens with zero attached hydrogens (tertiary/aromatic N) is 1. The molecular formula is C23H27NO3S. The van der Waals surface area contributed by atoms with E-state index in [1.165, 1.54) is 16.7 Å². The number of rotatable bonds is 4. The third-order valence-corrected chi connectivity index (χ3v) is 6.72. The fourth-order valence-corrected chi connectivity index (χ4v) is 5.56. The highest BCUT2D eigenvalue weighted by molar-refractivity contribution is 7.99. The van der Waals surface area contributed by atoms with Gasteiger partial charge in [0.2, 0.25) is 0 Å². The van der Waals surface area contributed by atoms with E-state index in [0.29, 0.717) is 5.25 Å². The molecule has 0 spiro atoms. The molecular weight excluding hydrogens is 370 g/mol. The molecule has 2 aromatic carbocycles. The number of methoxy groups -OCH3 is 1. The van der Waals surface area contributed by atoms with Crippen LogP contribution in [-0.2, 0) is 10.5 Å². The molecule has 2 aliphatic heterocycles. The fraction of sp³-hybridized carbons (Fsp3) is 0.435. The number of hydrogen-bond acceptors (Lipinski definition) is 4. The average molecular weight is 398 g/mol. The highest BCUT2D eigenvalue weighted by Crippen LogP contribution is 2.57. The quantitative estimate of drug-likeness (QED) is 0.660. The van der Waals surface area contributed by atoms with Crippen LogP contribution in [0.4, 0.5) is 4.79 Å². The van der Waals surface area contributed by atoms with Crippen LogP contribution in [-0.4, -0.2) is 29.0 Å². The van der Waals surface area contributed by atoms with Gasteiger partial charge in [-0.1, -0.05) is 36.4 Å². The minimum absolute atomic E-state index is 0.0827. The van der Waals surface area contributed by atoms with Gasteiger partial charge in [0.15, 0.2) is 0 Å². The smallest absolute Gasteiger partial charge is 0.411 e. The normalized spacial score (nSPS) is 22.9. The molecule has 0 N–H and O–H groups in total. The second-order valence-corrected chi connectivity index (χ2v) is 9.64. The fourth-order valence-electron chi connectivity index (χ4n) is 4.19. The Bertz CT molecular complexity index is 859.